The molecule has 0 aromatic heterocycles. The molecule has 0 bridgehead atoms. The van der Waals surface area contributed by atoms with Gasteiger partial charge in [-0.1, -0.05) is 12.2 Å². The first kappa shape index (κ1) is 6.78. The molecule has 0 fully saturated rings. The van der Waals surface area contributed by atoms with E-state index in [9.17, 15) is 0 Å². The summed E-state index contributed by atoms with van der Waals surface area (Å²) in [5.74, 6) is 0. The van der Waals surface area contributed by atoms with Crippen molar-refractivity contribution in [3.63, 3.8) is 0 Å². The SMILES string of the molecule is C1=CCC2=CN3C=CC=CN3C2=C1. The van der Waals surface area contributed by atoms with Gasteiger partial charge in [0.15, 0.2) is 0 Å². The van der Waals surface area contributed by atoms with Crippen LogP contribution in [0.3, 0.4) is 0 Å². The summed E-state index contributed by atoms with van der Waals surface area (Å²) in [6.07, 6.45) is 17.9. The van der Waals surface area contributed by atoms with Gasteiger partial charge >= 0.3 is 0 Å². The first-order valence-electron chi connectivity index (χ1n) is 4.45. The molecule has 0 spiro atoms. The van der Waals surface area contributed by atoms with E-state index in [2.05, 4.69) is 46.8 Å². The molecular formula is C11H10N2. The molecule has 13 heavy (non-hydrogen) atoms. The maximum Gasteiger partial charge on any atom is 0.0679 e. The molecule has 3 rings (SSSR count). The van der Waals surface area contributed by atoms with Gasteiger partial charge in [-0.2, -0.15) is 0 Å². The zero-order chi connectivity index (χ0) is 8.67. The molecule has 2 nitrogen and oxygen atoms in total. The summed E-state index contributed by atoms with van der Waals surface area (Å²) in [6.45, 7) is 0. The maximum absolute atomic E-state index is 2.18. The third-order valence-electron chi connectivity index (χ3n) is 2.42. The van der Waals surface area contributed by atoms with Crippen LogP contribution in [0.5, 0.6) is 0 Å². The van der Waals surface area contributed by atoms with Crippen LogP contribution in [0.2, 0.25) is 0 Å². The van der Waals surface area contributed by atoms with Crippen molar-refractivity contribution in [2.75, 3.05) is 0 Å². The molecule has 3 aliphatic rings. The fourth-order valence-electron chi connectivity index (χ4n) is 1.80. The number of rotatable bonds is 0. The predicted octanol–water partition coefficient (Wildman–Crippen LogP) is 2.29. The fourth-order valence-corrected chi connectivity index (χ4v) is 1.80. The van der Waals surface area contributed by atoms with Crippen LogP contribution in [0.25, 0.3) is 0 Å². The number of allylic oxidation sites excluding steroid dienone is 6. The van der Waals surface area contributed by atoms with Gasteiger partial charge in [-0.3, -0.25) is 10.0 Å². The Morgan fingerprint density at radius 3 is 3.00 bits per heavy atom. The Morgan fingerprint density at radius 1 is 1.08 bits per heavy atom. The highest BCUT2D eigenvalue weighted by atomic mass is 15.6. The molecule has 2 heterocycles. The summed E-state index contributed by atoms with van der Waals surface area (Å²) in [5, 5.41) is 4.26. The van der Waals surface area contributed by atoms with Gasteiger partial charge in [-0.25, -0.2) is 0 Å². The molecule has 2 heteroatoms. The molecule has 0 radical (unpaired) electrons. The minimum atomic E-state index is 1.04. The quantitative estimate of drug-likeness (QED) is 0.550. The molecule has 0 amide bonds. The first-order chi connectivity index (χ1) is 6.45. The summed E-state index contributed by atoms with van der Waals surface area (Å²) in [4.78, 5) is 0. The van der Waals surface area contributed by atoms with E-state index in [-0.39, 0.29) is 0 Å². The van der Waals surface area contributed by atoms with Crippen LogP contribution in [-0.4, -0.2) is 10.0 Å². The number of hydrazine groups is 1. The van der Waals surface area contributed by atoms with Gasteiger partial charge in [0.1, 0.15) is 0 Å². The zero-order valence-electron chi connectivity index (χ0n) is 7.22. The normalized spacial score (nSPS) is 22.8. The van der Waals surface area contributed by atoms with E-state index < -0.39 is 0 Å². The van der Waals surface area contributed by atoms with Crippen molar-refractivity contribution in [1.29, 1.82) is 0 Å². The van der Waals surface area contributed by atoms with Gasteiger partial charge in [0, 0.05) is 18.6 Å². The van der Waals surface area contributed by atoms with E-state index in [1.165, 1.54) is 11.3 Å². The van der Waals surface area contributed by atoms with Gasteiger partial charge in [0.25, 0.3) is 0 Å². The Hall–Kier alpha value is -1.70. The van der Waals surface area contributed by atoms with Crippen LogP contribution in [0.4, 0.5) is 0 Å². The van der Waals surface area contributed by atoms with Crippen molar-refractivity contribution in [3.05, 3.63) is 60.3 Å². The Labute approximate surface area is 77.4 Å². The highest BCUT2D eigenvalue weighted by Gasteiger charge is 2.24. The third kappa shape index (κ3) is 0.886. The van der Waals surface area contributed by atoms with E-state index >= 15 is 0 Å². The van der Waals surface area contributed by atoms with Crippen molar-refractivity contribution in [2.24, 2.45) is 0 Å². The van der Waals surface area contributed by atoms with Crippen molar-refractivity contribution in [2.45, 2.75) is 6.42 Å². The minimum Gasteiger partial charge on any atom is -0.264 e. The Bertz CT molecular complexity index is 383. The summed E-state index contributed by atoms with van der Waals surface area (Å²) >= 11 is 0. The Kier molecular flexibility index (Phi) is 1.25. The lowest BCUT2D eigenvalue weighted by Gasteiger charge is -2.27. The van der Waals surface area contributed by atoms with Crippen molar-refractivity contribution >= 4 is 0 Å². The van der Waals surface area contributed by atoms with E-state index in [0.717, 1.165) is 6.42 Å². The predicted molar refractivity (Wildman–Crippen MR) is 51.9 cm³/mol. The van der Waals surface area contributed by atoms with Gasteiger partial charge in [0.05, 0.1) is 5.70 Å². The summed E-state index contributed by atoms with van der Waals surface area (Å²) in [6, 6.07) is 0. The third-order valence-corrected chi connectivity index (χ3v) is 2.42. The molecule has 0 N–H and O–H groups in total. The molecule has 1 aliphatic carbocycles. The van der Waals surface area contributed by atoms with Gasteiger partial charge in [0.2, 0.25) is 0 Å². The molecule has 0 atom stereocenters. The van der Waals surface area contributed by atoms with Crippen LogP contribution >= 0.6 is 0 Å². The molecule has 64 valence electrons. The first-order valence-corrected chi connectivity index (χ1v) is 4.45. The summed E-state index contributed by atoms with van der Waals surface area (Å²) in [5.41, 5.74) is 2.68. The maximum atomic E-state index is 2.18. The summed E-state index contributed by atoms with van der Waals surface area (Å²) < 4.78 is 0. The van der Waals surface area contributed by atoms with Gasteiger partial charge in [-0.15, -0.1) is 0 Å². The largest absolute Gasteiger partial charge is 0.264 e. The van der Waals surface area contributed by atoms with Crippen LogP contribution in [0.15, 0.2) is 60.3 Å². The van der Waals surface area contributed by atoms with Gasteiger partial charge < -0.3 is 0 Å². The van der Waals surface area contributed by atoms with Crippen molar-refractivity contribution in [1.82, 2.24) is 10.0 Å². The number of hydrogen-bond donors (Lipinski definition) is 0. The molecule has 2 aliphatic heterocycles. The van der Waals surface area contributed by atoms with E-state index in [4.69, 9.17) is 0 Å². The fraction of sp³-hybridized carbons (Fsp3) is 0.0909. The number of fused-ring (bicyclic) bond motifs is 3. The number of hydrogen-bond acceptors (Lipinski definition) is 2. The Balaban J connectivity index is 2.07. The van der Waals surface area contributed by atoms with Crippen LogP contribution in [-0.2, 0) is 0 Å². The lowest BCUT2D eigenvalue weighted by atomic mass is 10.1. The van der Waals surface area contributed by atoms with Crippen molar-refractivity contribution < 1.29 is 0 Å². The monoisotopic (exact) mass is 170 g/mol. The lowest BCUT2D eigenvalue weighted by molar-refractivity contribution is 0.204. The van der Waals surface area contributed by atoms with E-state index in [1.54, 1.807) is 0 Å². The van der Waals surface area contributed by atoms with Crippen LogP contribution in [0, 0.1) is 0 Å². The average molecular weight is 170 g/mol. The molecule has 0 aromatic carbocycles. The Morgan fingerprint density at radius 2 is 2.00 bits per heavy atom. The van der Waals surface area contributed by atoms with Gasteiger partial charge in [-0.05, 0) is 30.2 Å². The van der Waals surface area contributed by atoms with E-state index in [1.807, 2.05) is 12.2 Å². The highest BCUT2D eigenvalue weighted by molar-refractivity contribution is 5.43. The second kappa shape index (κ2) is 2.39. The smallest absolute Gasteiger partial charge is 0.0679 e. The topological polar surface area (TPSA) is 6.48 Å². The minimum absolute atomic E-state index is 1.04. The molecular weight excluding hydrogens is 160 g/mol. The van der Waals surface area contributed by atoms with Crippen LogP contribution < -0.4 is 0 Å². The second-order valence-corrected chi connectivity index (χ2v) is 3.25. The average Bonchev–Trinajstić information content (AvgIpc) is 2.56. The number of nitrogens with zero attached hydrogens (tertiary/aromatic N) is 2. The molecule has 0 saturated carbocycles. The summed E-state index contributed by atoms with van der Waals surface area (Å²) in [7, 11) is 0. The second-order valence-electron chi connectivity index (χ2n) is 3.25. The zero-order valence-corrected chi connectivity index (χ0v) is 7.22. The van der Waals surface area contributed by atoms with Crippen molar-refractivity contribution in [3.8, 4) is 0 Å². The lowest BCUT2D eigenvalue weighted by Crippen LogP contribution is -2.26. The highest BCUT2D eigenvalue weighted by Crippen LogP contribution is 2.32. The molecule has 0 saturated heterocycles. The van der Waals surface area contributed by atoms with E-state index in [0.29, 0.717) is 0 Å². The molecule has 0 unspecified atom stereocenters. The van der Waals surface area contributed by atoms with Crippen LogP contribution in [0.1, 0.15) is 6.42 Å². The molecule has 0 aromatic rings. The standard InChI is InChI=1S/C11H10N2/c1-2-6-11-10(5-1)9-12-7-3-4-8-13(11)12/h1-4,6-9H,5H2.